The number of carbonyl (C=O) groups is 2. The molecule has 1 atom stereocenters. The molecule has 0 spiro atoms. The lowest BCUT2D eigenvalue weighted by molar-refractivity contribution is -0.148. The second-order valence-corrected chi connectivity index (χ2v) is 8.67. The molecule has 0 aromatic rings. The number of rotatable bonds is 18. The number of likely N-dealkylation sites (tertiary alicyclic amines) is 1. The van der Waals surface area contributed by atoms with Crippen LogP contribution in [-0.2, 0) is 14.3 Å². The van der Waals surface area contributed by atoms with Gasteiger partial charge in [-0.2, -0.15) is 0 Å². The molecule has 5 nitrogen and oxygen atoms in total. The molecule has 176 valence electrons. The van der Waals surface area contributed by atoms with Crippen LogP contribution in [0, 0.1) is 0 Å². The third kappa shape index (κ3) is 12.4. The molecule has 0 aromatic heterocycles. The average Bonchev–Trinajstić information content (AvgIpc) is 3.23. The molecular weight excluding hydrogens is 378 g/mol. The Morgan fingerprint density at radius 2 is 1.23 bits per heavy atom. The first-order valence-corrected chi connectivity index (χ1v) is 12.8. The predicted molar refractivity (Wildman–Crippen MR) is 123 cm³/mol. The Morgan fingerprint density at radius 3 is 1.73 bits per heavy atom. The van der Waals surface area contributed by atoms with Crippen LogP contribution >= 0.6 is 0 Å². The lowest BCUT2D eigenvalue weighted by Crippen LogP contribution is -2.41. The van der Waals surface area contributed by atoms with E-state index >= 15 is 0 Å². The molecule has 30 heavy (non-hydrogen) atoms. The molecular formula is C25H47NO4. The molecule has 1 heterocycles. The Bertz CT molecular complexity index is 441. The molecule has 0 saturated carbocycles. The van der Waals surface area contributed by atoms with E-state index in [1.165, 1.54) is 88.4 Å². The summed E-state index contributed by atoms with van der Waals surface area (Å²) in [5, 5.41) is 0. The summed E-state index contributed by atoms with van der Waals surface area (Å²) in [6, 6.07) is -0.458. The highest BCUT2D eigenvalue weighted by molar-refractivity contribution is 5.82. The number of esters is 1. The van der Waals surface area contributed by atoms with Gasteiger partial charge in [0.05, 0.1) is 13.2 Å². The molecule has 0 aromatic carbocycles. The van der Waals surface area contributed by atoms with Crippen LogP contribution in [0.3, 0.4) is 0 Å². The van der Waals surface area contributed by atoms with Crippen LogP contribution in [0.1, 0.15) is 123 Å². The van der Waals surface area contributed by atoms with Gasteiger partial charge in [0.2, 0.25) is 0 Å². The summed E-state index contributed by atoms with van der Waals surface area (Å²) in [7, 11) is 0. The second-order valence-electron chi connectivity index (χ2n) is 8.67. The van der Waals surface area contributed by atoms with E-state index in [0.29, 0.717) is 26.2 Å². The maximum atomic E-state index is 12.2. The molecule has 1 rings (SSSR count). The molecule has 5 heteroatoms. The van der Waals surface area contributed by atoms with Crippen LogP contribution in [-0.4, -0.2) is 42.8 Å². The number of nitrogens with zero attached hydrogens (tertiary/aromatic N) is 1. The van der Waals surface area contributed by atoms with Crippen molar-refractivity contribution in [3.63, 3.8) is 0 Å². The maximum absolute atomic E-state index is 12.2. The van der Waals surface area contributed by atoms with Crippen LogP contribution < -0.4 is 0 Å². The summed E-state index contributed by atoms with van der Waals surface area (Å²) in [5.74, 6) is -0.272. The minimum absolute atomic E-state index is 0.272. The summed E-state index contributed by atoms with van der Waals surface area (Å²) in [4.78, 5) is 25.6. The fourth-order valence-corrected chi connectivity index (χ4v) is 4.18. The molecule has 0 bridgehead atoms. The SMILES string of the molecule is CCCCCCCCCCCCCCCCCOC(=O)[C@@H]1CCCN1C(=O)OCC. The van der Waals surface area contributed by atoms with Gasteiger partial charge in [-0.1, -0.05) is 96.8 Å². The molecule has 1 aliphatic heterocycles. The Hall–Kier alpha value is -1.26. The smallest absolute Gasteiger partial charge is 0.410 e. The van der Waals surface area contributed by atoms with E-state index in [2.05, 4.69) is 6.92 Å². The summed E-state index contributed by atoms with van der Waals surface area (Å²) in [6.07, 6.45) is 20.9. The van der Waals surface area contributed by atoms with E-state index in [-0.39, 0.29) is 5.97 Å². The lowest BCUT2D eigenvalue weighted by Gasteiger charge is -2.22. The minimum atomic E-state index is -0.458. The van der Waals surface area contributed by atoms with Crippen molar-refractivity contribution in [2.45, 2.75) is 129 Å². The lowest BCUT2D eigenvalue weighted by atomic mass is 10.0. The number of ether oxygens (including phenoxy) is 2. The first kappa shape index (κ1) is 26.8. The molecule has 0 aliphatic carbocycles. The van der Waals surface area contributed by atoms with Gasteiger partial charge in [0, 0.05) is 6.54 Å². The normalized spacial score (nSPS) is 16.1. The molecule has 0 unspecified atom stereocenters. The molecule has 1 amide bonds. The van der Waals surface area contributed by atoms with Crippen LogP contribution in [0.4, 0.5) is 4.79 Å². The van der Waals surface area contributed by atoms with Gasteiger partial charge in [-0.3, -0.25) is 4.90 Å². The molecule has 0 N–H and O–H groups in total. The van der Waals surface area contributed by atoms with E-state index in [9.17, 15) is 9.59 Å². The topological polar surface area (TPSA) is 55.8 Å². The number of hydrogen-bond donors (Lipinski definition) is 0. The Kier molecular flexibility index (Phi) is 16.5. The highest BCUT2D eigenvalue weighted by Crippen LogP contribution is 2.20. The first-order chi connectivity index (χ1) is 14.7. The maximum Gasteiger partial charge on any atom is 0.410 e. The molecule has 0 radical (unpaired) electrons. The standard InChI is InChI=1S/C25H47NO4/c1-3-5-6-7-8-9-10-11-12-13-14-15-16-17-18-22-30-24(27)23-20-19-21-26(23)25(28)29-4-2/h23H,3-22H2,1-2H3/t23-/m0/s1. The molecule has 1 fully saturated rings. The minimum Gasteiger partial charge on any atom is -0.464 e. The van der Waals surface area contributed by atoms with Crippen molar-refractivity contribution < 1.29 is 19.1 Å². The number of hydrogen-bond acceptors (Lipinski definition) is 4. The van der Waals surface area contributed by atoms with E-state index in [1.54, 1.807) is 6.92 Å². The number of amides is 1. The Morgan fingerprint density at radius 1 is 0.733 bits per heavy atom. The summed E-state index contributed by atoms with van der Waals surface area (Å²) in [5.41, 5.74) is 0. The fourth-order valence-electron chi connectivity index (χ4n) is 4.18. The zero-order valence-electron chi connectivity index (χ0n) is 19.8. The van der Waals surface area contributed by atoms with E-state index in [0.717, 1.165) is 19.3 Å². The molecule has 1 saturated heterocycles. The van der Waals surface area contributed by atoms with Crippen LogP contribution in [0.2, 0.25) is 0 Å². The summed E-state index contributed by atoms with van der Waals surface area (Å²) >= 11 is 0. The number of unbranched alkanes of at least 4 members (excludes halogenated alkanes) is 14. The largest absolute Gasteiger partial charge is 0.464 e. The van der Waals surface area contributed by atoms with Gasteiger partial charge in [0.1, 0.15) is 6.04 Å². The van der Waals surface area contributed by atoms with Gasteiger partial charge in [-0.25, -0.2) is 9.59 Å². The highest BCUT2D eigenvalue weighted by Gasteiger charge is 2.36. The zero-order chi connectivity index (χ0) is 21.9. The second kappa shape index (κ2) is 18.5. The third-order valence-electron chi connectivity index (χ3n) is 6.02. The quantitative estimate of drug-likeness (QED) is 0.175. The Balaban J connectivity index is 1.88. The van der Waals surface area contributed by atoms with Gasteiger partial charge < -0.3 is 9.47 Å². The van der Waals surface area contributed by atoms with Gasteiger partial charge in [-0.15, -0.1) is 0 Å². The third-order valence-corrected chi connectivity index (χ3v) is 6.02. The van der Waals surface area contributed by atoms with Crippen molar-refractivity contribution in [1.29, 1.82) is 0 Å². The van der Waals surface area contributed by atoms with Crippen LogP contribution in [0.5, 0.6) is 0 Å². The summed E-state index contributed by atoms with van der Waals surface area (Å²) in [6.45, 7) is 5.42. The van der Waals surface area contributed by atoms with Crippen molar-refractivity contribution >= 4 is 12.1 Å². The van der Waals surface area contributed by atoms with Crippen molar-refractivity contribution in [2.75, 3.05) is 19.8 Å². The van der Waals surface area contributed by atoms with Crippen molar-refractivity contribution in [3.05, 3.63) is 0 Å². The zero-order valence-corrected chi connectivity index (χ0v) is 19.8. The van der Waals surface area contributed by atoms with Crippen LogP contribution in [0.25, 0.3) is 0 Å². The first-order valence-electron chi connectivity index (χ1n) is 12.8. The monoisotopic (exact) mass is 425 g/mol. The van der Waals surface area contributed by atoms with E-state index < -0.39 is 12.1 Å². The van der Waals surface area contributed by atoms with Gasteiger partial charge in [-0.05, 0) is 26.2 Å². The van der Waals surface area contributed by atoms with Gasteiger partial charge in [0.15, 0.2) is 0 Å². The van der Waals surface area contributed by atoms with Crippen molar-refractivity contribution in [3.8, 4) is 0 Å². The van der Waals surface area contributed by atoms with Crippen molar-refractivity contribution in [2.24, 2.45) is 0 Å². The Labute approximate surface area is 185 Å². The van der Waals surface area contributed by atoms with Crippen LogP contribution in [0.15, 0.2) is 0 Å². The van der Waals surface area contributed by atoms with E-state index in [4.69, 9.17) is 9.47 Å². The van der Waals surface area contributed by atoms with Gasteiger partial charge in [0.25, 0.3) is 0 Å². The summed E-state index contributed by atoms with van der Waals surface area (Å²) < 4.78 is 10.4. The van der Waals surface area contributed by atoms with E-state index in [1.807, 2.05) is 0 Å². The van der Waals surface area contributed by atoms with Crippen molar-refractivity contribution in [1.82, 2.24) is 4.90 Å². The fraction of sp³-hybridized carbons (Fsp3) is 0.920. The van der Waals surface area contributed by atoms with Gasteiger partial charge >= 0.3 is 12.1 Å². The number of carbonyl (C=O) groups excluding carboxylic acids is 2. The average molecular weight is 426 g/mol. The molecule has 1 aliphatic rings. The highest BCUT2D eigenvalue weighted by atomic mass is 16.6. The predicted octanol–water partition coefficient (Wildman–Crippen LogP) is 7.02.